The summed E-state index contributed by atoms with van der Waals surface area (Å²) in [6.07, 6.45) is 0. The molecule has 5 nitrogen and oxygen atoms in total. The van der Waals surface area contributed by atoms with Gasteiger partial charge in [-0.2, -0.15) is 0 Å². The third-order valence-electron chi connectivity index (χ3n) is 4.08. The van der Waals surface area contributed by atoms with Gasteiger partial charge in [0, 0.05) is 17.1 Å². The van der Waals surface area contributed by atoms with Gasteiger partial charge < -0.3 is 14.6 Å². The van der Waals surface area contributed by atoms with Crippen molar-refractivity contribution in [1.29, 1.82) is 0 Å². The molecule has 3 rings (SSSR count). The number of halogens is 1. The maximum Gasteiger partial charge on any atom is 0.251 e. The second-order valence-corrected chi connectivity index (χ2v) is 6.30. The molecule has 0 aliphatic rings. The standard InChI is InChI=1S/C20H19ClN2O3/c1-13-18(14(2)26-23-13)12-25-17-9-7-15(8-10-17)20(24)22-11-16-5-3-4-6-19(16)21/h3-10H,11-12H2,1-2H3,(H,22,24). The first-order valence-corrected chi connectivity index (χ1v) is 8.58. The number of ether oxygens (including phenoxy) is 1. The summed E-state index contributed by atoms with van der Waals surface area (Å²) in [7, 11) is 0. The first-order chi connectivity index (χ1) is 12.5. The van der Waals surface area contributed by atoms with E-state index < -0.39 is 0 Å². The number of aryl methyl sites for hydroxylation is 2. The Kier molecular flexibility index (Phi) is 5.58. The van der Waals surface area contributed by atoms with Crippen LogP contribution >= 0.6 is 11.6 Å². The summed E-state index contributed by atoms with van der Waals surface area (Å²) in [5.74, 6) is 1.26. The molecule has 26 heavy (non-hydrogen) atoms. The van der Waals surface area contributed by atoms with Crippen LogP contribution in [0.4, 0.5) is 0 Å². The monoisotopic (exact) mass is 370 g/mol. The highest BCUT2D eigenvalue weighted by molar-refractivity contribution is 6.31. The summed E-state index contributed by atoms with van der Waals surface area (Å²) >= 11 is 6.09. The van der Waals surface area contributed by atoms with Gasteiger partial charge in [0.1, 0.15) is 18.1 Å². The van der Waals surface area contributed by atoms with Crippen LogP contribution in [-0.2, 0) is 13.2 Å². The van der Waals surface area contributed by atoms with Gasteiger partial charge in [-0.1, -0.05) is 35.0 Å². The number of rotatable bonds is 6. The van der Waals surface area contributed by atoms with E-state index in [1.807, 2.05) is 32.0 Å². The molecule has 6 heteroatoms. The molecule has 0 radical (unpaired) electrons. The third-order valence-corrected chi connectivity index (χ3v) is 4.45. The van der Waals surface area contributed by atoms with Crippen LogP contribution in [0.1, 0.15) is 32.9 Å². The molecule has 0 bridgehead atoms. The number of hydrogen-bond acceptors (Lipinski definition) is 4. The van der Waals surface area contributed by atoms with Crippen molar-refractivity contribution < 1.29 is 14.1 Å². The predicted molar refractivity (Wildman–Crippen MR) is 99.4 cm³/mol. The average molecular weight is 371 g/mol. The van der Waals surface area contributed by atoms with Crippen LogP contribution in [0.25, 0.3) is 0 Å². The minimum absolute atomic E-state index is 0.165. The van der Waals surface area contributed by atoms with Crippen molar-refractivity contribution in [2.75, 3.05) is 0 Å². The van der Waals surface area contributed by atoms with Gasteiger partial charge in [-0.05, 0) is 49.7 Å². The van der Waals surface area contributed by atoms with E-state index in [9.17, 15) is 4.79 Å². The Labute approximate surface area is 156 Å². The normalized spacial score (nSPS) is 10.6. The quantitative estimate of drug-likeness (QED) is 0.696. The Morgan fingerprint density at radius 1 is 1.15 bits per heavy atom. The number of hydrogen-bond donors (Lipinski definition) is 1. The average Bonchev–Trinajstić information content (AvgIpc) is 2.97. The maximum absolute atomic E-state index is 12.3. The highest BCUT2D eigenvalue weighted by atomic mass is 35.5. The number of nitrogens with zero attached hydrogens (tertiary/aromatic N) is 1. The van der Waals surface area contributed by atoms with Crippen molar-refractivity contribution in [2.45, 2.75) is 27.0 Å². The lowest BCUT2D eigenvalue weighted by molar-refractivity contribution is 0.0951. The summed E-state index contributed by atoms with van der Waals surface area (Å²) in [5.41, 5.74) is 3.19. The van der Waals surface area contributed by atoms with Crippen molar-refractivity contribution in [3.05, 3.63) is 81.7 Å². The van der Waals surface area contributed by atoms with Gasteiger partial charge >= 0.3 is 0 Å². The van der Waals surface area contributed by atoms with Gasteiger partial charge in [0.05, 0.1) is 11.3 Å². The Morgan fingerprint density at radius 2 is 1.88 bits per heavy atom. The molecule has 1 amide bonds. The molecule has 1 N–H and O–H groups in total. The van der Waals surface area contributed by atoms with E-state index in [4.69, 9.17) is 20.9 Å². The van der Waals surface area contributed by atoms with Crippen LogP contribution < -0.4 is 10.1 Å². The van der Waals surface area contributed by atoms with Gasteiger partial charge in [0.15, 0.2) is 0 Å². The summed E-state index contributed by atoms with van der Waals surface area (Å²) in [6, 6.07) is 14.4. The van der Waals surface area contributed by atoms with Crippen LogP contribution in [0.3, 0.4) is 0 Å². The molecule has 0 unspecified atom stereocenters. The van der Waals surface area contributed by atoms with E-state index in [0.717, 1.165) is 22.6 Å². The summed E-state index contributed by atoms with van der Waals surface area (Å²) < 4.78 is 10.9. The molecule has 0 aliphatic carbocycles. The zero-order chi connectivity index (χ0) is 18.5. The molecule has 0 saturated carbocycles. The maximum atomic E-state index is 12.3. The van der Waals surface area contributed by atoms with E-state index in [-0.39, 0.29) is 5.91 Å². The molecule has 0 spiro atoms. The number of carbonyl (C=O) groups is 1. The fourth-order valence-electron chi connectivity index (χ4n) is 2.49. The molecule has 3 aromatic rings. The van der Waals surface area contributed by atoms with Crippen LogP contribution in [0.2, 0.25) is 5.02 Å². The fourth-order valence-corrected chi connectivity index (χ4v) is 2.69. The van der Waals surface area contributed by atoms with Gasteiger partial charge in [-0.15, -0.1) is 0 Å². The Bertz CT molecular complexity index is 884. The Hall–Kier alpha value is -2.79. The van der Waals surface area contributed by atoms with Crippen LogP contribution in [0.5, 0.6) is 5.75 Å². The zero-order valence-electron chi connectivity index (χ0n) is 14.6. The first-order valence-electron chi connectivity index (χ1n) is 8.21. The van der Waals surface area contributed by atoms with E-state index in [1.54, 1.807) is 30.3 Å². The van der Waals surface area contributed by atoms with Gasteiger partial charge in [-0.3, -0.25) is 4.79 Å². The molecular formula is C20H19ClN2O3. The van der Waals surface area contributed by atoms with E-state index >= 15 is 0 Å². The lowest BCUT2D eigenvalue weighted by Crippen LogP contribution is -2.22. The Morgan fingerprint density at radius 3 is 2.54 bits per heavy atom. The van der Waals surface area contributed by atoms with Crippen molar-refractivity contribution in [3.63, 3.8) is 0 Å². The van der Waals surface area contributed by atoms with Crippen molar-refractivity contribution >= 4 is 17.5 Å². The van der Waals surface area contributed by atoms with E-state index in [1.165, 1.54) is 0 Å². The number of nitrogens with one attached hydrogen (secondary N) is 1. The summed E-state index contributed by atoms with van der Waals surface area (Å²) in [6.45, 7) is 4.48. The van der Waals surface area contributed by atoms with E-state index in [0.29, 0.717) is 29.5 Å². The number of aromatic nitrogens is 1. The molecule has 1 aromatic heterocycles. The van der Waals surface area contributed by atoms with E-state index in [2.05, 4.69) is 10.5 Å². The lowest BCUT2D eigenvalue weighted by atomic mass is 10.2. The SMILES string of the molecule is Cc1noc(C)c1COc1ccc(C(=O)NCc2ccccc2Cl)cc1. The van der Waals surface area contributed by atoms with Gasteiger partial charge in [0.25, 0.3) is 5.91 Å². The molecule has 1 heterocycles. The molecule has 2 aromatic carbocycles. The first kappa shape index (κ1) is 18.0. The second-order valence-electron chi connectivity index (χ2n) is 5.89. The van der Waals surface area contributed by atoms with Crippen LogP contribution in [0.15, 0.2) is 53.1 Å². The molecule has 0 saturated heterocycles. The topological polar surface area (TPSA) is 64.4 Å². The highest BCUT2D eigenvalue weighted by Gasteiger charge is 2.10. The van der Waals surface area contributed by atoms with Crippen LogP contribution in [0, 0.1) is 13.8 Å². The van der Waals surface area contributed by atoms with Crippen molar-refractivity contribution in [1.82, 2.24) is 10.5 Å². The van der Waals surface area contributed by atoms with Gasteiger partial charge in [-0.25, -0.2) is 0 Å². The number of benzene rings is 2. The smallest absolute Gasteiger partial charge is 0.251 e. The van der Waals surface area contributed by atoms with Crippen molar-refractivity contribution in [2.24, 2.45) is 0 Å². The Balaban J connectivity index is 1.57. The summed E-state index contributed by atoms with van der Waals surface area (Å²) in [5, 5.41) is 7.40. The third kappa shape index (κ3) is 4.24. The largest absolute Gasteiger partial charge is 0.489 e. The minimum Gasteiger partial charge on any atom is -0.489 e. The lowest BCUT2D eigenvalue weighted by Gasteiger charge is -2.09. The number of amides is 1. The second kappa shape index (κ2) is 8.06. The minimum atomic E-state index is -0.165. The fraction of sp³-hybridized carbons (Fsp3) is 0.200. The molecule has 134 valence electrons. The predicted octanol–water partition coefficient (Wildman–Crippen LogP) is 4.45. The number of carbonyl (C=O) groups excluding carboxylic acids is 1. The van der Waals surface area contributed by atoms with Crippen molar-refractivity contribution in [3.8, 4) is 5.75 Å². The molecule has 0 atom stereocenters. The molecule has 0 aliphatic heterocycles. The zero-order valence-corrected chi connectivity index (χ0v) is 15.3. The summed E-state index contributed by atoms with van der Waals surface area (Å²) in [4.78, 5) is 12.3. The highest BCUT2D eigenvalue weighted by Crippen LogP contribution is 2.18. The van der Waals surface area contributed by atoms with Gasteiger partial charge in [0.2, 0.25) is 0 Å². The van der Waals surface area contributed by atoms with Crippen LogP contribution in [-0.4, -0.2) is 11.1 Å². The molecule has 0 fully saturated rings. The molecular weight excluding hydrogens is 352 g/mol.